The lowest BCUT2D eigenvalue weighted by molar-refractivity contribution is 0.660. The Bertz CT molecular complexity index is 2380. The molecule has 0 saturated heterocycles. The van der Waals surface area contributed by atoms with Crippen LogP contribution in [0.2, 0.25) is 0 Å². The zero-order valence-electron chi connectivity index (χ0n) is 28.5. The van der Waals surface area contributed by atoms with Gasteiger partial charge in [0.1, 0.15) is 0 Å². The smallest absolute Gasteiger partial charge is 0.0546 e. The lowest BCUT2D eigenvalue weighted by Gasteiger charge is -2.32. The van der Waals surface area contributed by atoms with Crippen molar-refractivity contribution >= 4 is 17.1 Å². The Morgan fingerprint density at radius 2 is 0.837 bits per heavy atom. The molecule has 9 rings (SSSR count). The molecule has 0 spiro atoms. The highest BCUT2D eigenvalue weighted by atomic mass is 15.1. The number of benzene rings is 7. The summed E-state index contributed by atoms with van der Waals surface area (Å²) in [6.07, 6.45) is 0. The number of rotatable bonds is 5. The molecular formula is C48H39N. The molecule has 0 saturated carbocycles. The molecule has 0 unspecified atom stereocenters. The van der Waals surface area contributed by atoms with Crippen molar-refractivity contribution in [2.75, 3.05) is 4.90 Å². The van der Waals surface area contributed by atoms with Gasteiger partial charge in [-0.2, -0.15) is 0 Å². The molecule has 2 aliphatic carbocycles. The maximum absolute atomic E-state index is 2.55. The van der Waals surface area contributed by atoms with Gasteiger partial charge in [-0.05, 0) is 79.9 Å². The first-order valence-corrected chi connectivity index (χ1v) is 17.4. The molecule has 49 heavy (non-hydrogen) atoms. The highest BCUT2D eigenvalue weighted by molar-refractivity contribution is 6.01. The molecule has 7 aromatic carbocycles. The number of hydrogen-bond acceptors (Lipinski definition) is 1. The summed E-state index contributed by atoms with van der Waals surface area (Å²) in [4.78, 5) is 2.55. The molecule has 7 aromatic rings. The maximum atomic E-state index is 2.55. The van der Waals surface area contributed by atoms with Crippen LogP contribution in [-0.4, -0.2) is 0 Å². The topological polar surface area (TPSA) is 3.24 Å². The van der Waals surface area contributed by atoms with Crippen LogP contribution < -0.4 is 4.90 Å². The summed E-state index contributed by atoms with van der Waals surface area (Å²) in [5, 5.41) is 0. The first kappa shape index (κ1) is 29.5. The Labute approximate surface area is 290 Å². The molecule has 0 heterocycles. The van der Waals surface area contributed by atoms with Crippen molar-refractivity contribution in [1.82, 2.24) is 0 Å². The second-order valence-corrected chi connectivity index (χ2v) is 14.5. The minimum atomic E-state index is -0.116. The number of nitrogens with zero attached hydrogens (tertiary/aromatic N) is 1. The van der Waals surface area contributed by atoms with Crippen molar-refractivity contribution in [2.24, 2.45) is 0 Å². The van der Waals surface area contributed by atoms with Gasteiger partial charge in [0, 0.05) is 27.6 Å². The minimum absolute atomic E-state index is 0.108. The van der Waals surface area contributed by atoms with Crippen LogP contribution in [0.3, 0.4) is 0 Å². The summed E-state index contributed by atoms with van der Waals surface area (Å²) in [7, 11) is 0. The van der Waals surface area contributed by atoms with Crippen LogP contribution in [0.5, 0.6) is 0 Å². The van der Waals surface area contributed by atoms with Gasteiger partial charge in [-0.25, -0.2) is 0 Å². The van der Waals surface area contributed by atoms with Crippen molar-refractivity contribution in [3.8, 4) is 44.5 Å². The third-order valence-electron chi connectivity index (χ3n) is 11.1. The van der Waals surface area contributed by atoms with E-state index in [1.807, 2.05) is 0 Å². The van der Waals surface area contributed by atoms with Gasteiger partial charge in [0.15, 0.2) is 0 Å². The van der Waals surface area contributed by atoms with Gasteiger partial charge in [-0.15, -0.1) is 0 Å². The van der Waals surface area contributed by atoms with Crippen LogP contribution in [0.4, 0.5) is 17.1 Å². The van der Waals surface area contributed by atoms with Crippen molar-refractivity contribution < 1.29 is 0 Å². The highest BCUT2D eigenvalue weighted by Crippen LogP contribution is 2.57. The number of fused-ring (bicyclic) bond motifs is 6. The summed E-state index contributed by atoms with van der Waals surface area (Å²) in [6.45, 7) is 9.48. The van der Waals surface area contributed by atoms with E-state index < -0.39 is 0 Å². The van der Waals surface area contributed by atoms with E-state index in [0.717, 1.165) is 11.4 Å². The van der Waals surface area contributed by atoms with E-state index in [9.17, 15) is 0 Å². The third kappa shape index (κ3) is 4.39. The van der Waals surface area contributed by atoms with Gasteiger partial charge in [-0.1, -0.05) is 167 Å². The van der Waals surface area contributed by atoms with Crippen LogP contribution in [0.1, 0.15) is 49.9 Å². The molecular weight excluding hydrogens is 591 g/mol. The molecule has 236 valence electrons. The molecule has 0 amide bonds. The van der Waals surface area contributed by atoms with Crippen molar-refractivity contribution in [1.29, 1.82) is 0 Å². The van der Waals surface area contributed by atoms with Gasteiger partial charge in [0.2, 0.25) is 0 Å². The lowest BCUT2D eigenvalue weighted by Crippen LogP contribution is -2.18. The van der Waals surface area contributed by atoms with Gasteiger partial charge in [-0.3, -0.25) is 0 Å². The van der Waals surface area contributed by atoms with Gasteiger partial charge < -0.3 is 4.90 Å². The van der Waals surface area contributed by atoms with Crippen molar-refractivity contribution in [3.63, 3.8) is 0 Å². The first-order chi connectivity index (χ1) is 23.9. The fourth-order valence-electron chi connectivity index (χ4n) is 8.65. The average molecular weight is 630 g/mol. The predicted octanol–water partition coefficient (Wildman–Crippen LogP) is 13.1. The number of hydrogen-bond donors (Lipinski definition) is 0. The Morgan fingerprint density at radius 1 is 0.347 bits per heavy atom. The Morgan fingerprint density at radius 3 is 1.55 bits per heavy atom. The zero-order chi connectivity index (χ0) is 33.3. The second kappa shape index (κ2) is 10.9. The van der Waals surface area contributed by atoms with Gasteiger partial charge in [0.05, 0.1) is 11.4 Å². The monoisotopic (exact) mass is 629 g/mol. The molecule has 0 N–H and O–H groups in total. The standard InChI is InChI=1S/C48H39N/c1-47(2)40-25-14-12-22-38(40)46-41(47)26-16-28-44(46)49(34-29-30-37-36-21-11-13-24-39(36)48(3,4)42(37)31-34)43-27-15-23-35(32-17-7-5-8-18-32)45(43)33-19-9-6-10-20-33/h5-31H,1-4H3. The molecule has 2 aliphatic rings. The van der Waals surface area contributed by atoms with Crippen LogP contribution in [0.25, 0.3) is 44.5 Å². The van der Waals surface area contributed by atoms with E-state index >= 15 is 0 Å². The van der Waals surface area contributed by atoms with Crippen LogP contribution in [0, 0.1) is 0 Å². The molecule has 0 atom stereocenters. The Balaban J connectivity index is 1.38. The van der Waals surface area contributed by atoms with E-state index in [1.54, 1.807) is 0 Å². The predicted molar refractivity (Wildman–Crippen MR) is 207 cm³/mol. The molecule has 1 heteroatoms. The van der Waals surface area contributed by atoms with Crippen molar-refractivity contribution in [2.45, 2.75) is 38.5 Å². The quantitative estimate of drug-likeness (QED) is 0.183. The summed E-state index contributed by atoms with van der Waals surface area (Å²) in [6, 6.07) is 60.5. The normalized spacial score (nSPS) is 14.4. The summed E-state index contributed by atoms with van der Waals surface area (Å²) >= 11 is 0. The van der Waals surface area contributed by atoms with Gasteiger partial charge in [0.25, 0.3) is 0 Å². The highest BCUT2D eigenvalue weighted by Gasteiger charge is 2.39. The van der Waals surface area contributed by atoms with Crippen LogP contribution in [-0.2, 0) is 10.8 Å². The second-order valence-electron chi connectivity index (χ2n) is 14.5. The third-order valence-corrected chi connectivity index (χ3v) is 11.1. The number of anilines is 3. The van der Waals surface area contributed by atoms with Crippen LogP contribution in [0.15, 0.2) is 164 Å². The minimum Gasteiger partial charge on any atom is -0.309 e. The molecule has 0 aliphatic heterocycles. The van der Waals surface area contributed by atoms with E-state index in [0.29, 0.717) is 0 Å². The van der Waals surface area contributed by atoms with Gasteiger partial charge >= 0.3 is 0 Å². The van der Waals surface area contributed by atoms with Crippen LogP contribution >= 0.6 is 0 Å². The van der Waals surface area contributed by atoms with E-state index in [2.05, 4.69) is 196 Å². The molecule has 0 radical (unpaired) electrons. The molecule has 0 aromatic heterocycles. The van der Waals surface area contributed by atoms with E-state index in [4.69, 9.17) is 0 Å². The average Bonchev–Trinajstić information content (AvgIpc) is 3.52. The fourth-order valence-corrected chi connectivity index (χ4v) is 8.65. The van der Waals surface area contributed by atoms with E-state index in [-0.39, 0.29) is 10.8 Å². The van der Waals surface area contributed by atoms with Crippen molar-refractivity contribution in [3.05, 3.63) is 186 Å². The molecule has 1 nitrogen and oxygen atoms in total. The maximum Gasteiger partial charge on any atom is 0.0546 e. The summed E-state index contributed by atoms with van der Waals surface area (Å²) in [5.74, 6) is 0. The summed E-state index contributed by atoms with van der Waals surface area (Å²) in [5.41, 5.74) is 19.0. The largest absolute Gasteiger partial charge is 0.309 e. The summed E-state index contributed by atoms with van der Waals surface area (Å²) < 4.78 is 0. The fraction of sp³-hybridized carbons (Fsp3) is 0.125. The Kier molecular flexibility index (Phi) is 6.58. The lowest BCUT2D eigenvalue weighted by atomic mass is 9.82. The molecule has 0 bridgehead atoms. The SMILES string of the molecule is CC1(C)c2ccccc2-c2ccc(N(c3cccc(-c4ccccc4)c3-c3ccccc3)c3cccc4c3-c3ccccc3C4(C)C)cc21. The first-order valence-electron chi connectivity index (χ1n) is 17.4. The Hall–Kier alpha value is -5.66. The van der Waals surface area contributed by atoms with E-state index in [1.165, 1.54) is 72.4 Å². The molecule has 0 fully saturated rings. The zero-order valence-corrected chi connectivity index (χ0v) is 28.5.